The summed E-state index contributed by atoms with van der Waals surface area (Å²) in [6.45, 7) is 1.06. The monoisotopic (exact) mass is 283 g/mol. The van der Waals surface area contributed by atoms with Crippen LogP contribution in [-0.2, 0) is 16.0 Å². The summed E-state index contributed by atoms with van der Waals surface area (Å²) in [5.41, 5.74) is 7.36. The maximum absolute atomic E-state index is 11.8. The van der Waals surface area contributed by atoms with E-state index < -0.39 is 0 Å². The van der Waals surface area contributed by atoms with Gasteiger partial charge in [0, 0.05) is 31.1 Å². The van der Waals surface area contributed by atoms with Gasteiger partial charge in [-0.1, -0.05) is 18.2 Å². The molecule has 21 heavy (non-hydrogen) atoms. The number of amides is 2. The smallest absolute Gasteiger partial charge is 0.223 e. The Morgan fingerprint density at radius 3 is 3.00 bits per heavy atom. The van der Waals surface area contributed by atoms with Crippen molar-refractivity contribution in [1.82, 2.24) is 9.88 Å². The van der Waals surface area contributed by atoms with E-state index in [2.05, 4.69) is 11.1 Å². The fourth-order valence-electron chi connectivity index (χ4n) is 2.71. The Morgan fingerprint density at radius 2 is 2.24 bits per heavy atom. The third kappa shape index (κ3) is 2.86. The molecule has 1 atom stereocenters. The topological polar surface area (TPSA) is 76.3 Å². The lowest BCUT2D eigenvalue weighted by molar-refractivity contribution is -0.128. The second-order valence-electron chi connectivity index (χ2n) is 5.42. The van der Waals surface area contributed by atoms with Gasteiger partial charge in [-0.2, -0.15) is 0 Å². The maximum atomic E-state index is 11.8. The highest BCUT2D eigenvalue weighted by Gasteiger charge is 2.32. The summed E-state index contributed by atoms with van der Waals surface area (Å²) in [5.74, 6) is -0.714. The highest BCUT2D eigenvalue weighted by Crippen LogP contribution is 2.19. The fourth-order valence-corrected chi connectivity index (χ4v) is 2.71. The van der Waals surface area contributed by atoms with Crippen LogP contribution in [0, 0.1) is 5.92 Å². The molecular formula is C16H17N3O2. The Hall–Kier alpha value is -2.43. The molecule has 1 aliphatic heterocycles. The number of carbonyl (C=O) groups excluding carboxylic acids is 2. The van der Waals surface area contributed by atoms with E-state index in [4.69, 9.17) is 5.73 Å². The van der Waals surface area contributed by atoms with Gasteiger partial charge < -0.3 is 10.6 Å². The molecule has 1 aromatic carbocycles. The predicted octanol–water partition coefficient (Wildman–Crippen LogP) is 1.11. The van der Waals surface area contributed by atoms with Crippen molar-refractivity contribution in [3.05, 3.63) is 42.1 Å². The first-order valence-corrected chi connectivity index (χ1v) is 7.04. The van der Waals surface area contributed by atoms with Crippen LogP contribution in [0.1, 0.15) is 12.0 Å². The molecule has 2 aromatic rings. The van der Waals surface area contributed by atoms with Gasteiger partial charge in [0.1, 0.15) is 0 Å². The second-order valence-corrected chi connectivity index (χ2v) is 5.42. The van der Waals surface area contributed by atoms with Crippen LogP contribution in [0.3, 0.4) is 0 Å². The van der Waals surface area contributed by atoms with Crippen LogP contribution < -0.4 is 5.73 Å². The molecule has 2 amide bonds. The normalized spacial score (nSPS) is 18.4. The number of pyridine rings is 1. The van der Waals surface area contributed by atoms with Gasteiger partial charge in [0.05, 0.1) is 11.4 Å². The Kier molecular flexibility index (Phi) is 3.56. The highest BCUT2D eigenvalue weighted by molar-refractivity contribution is 5.88. The summed E-state index contributed by atoms with van der Waals surface area (Å²) >= 11 is 0. The number of carbonyl (C=O) groups is 2. The van der Waals surface area contributed by atoms with Crippen LogP contribution in [0.15, 0.2) is 36.5 Å². The summed E-state index contributed by atoms with van der Waals surface area (Å²) in [6, 6.07) is 10.1. The van der Waals surface area contributed by atoms with Crippen molar-refractivity contribution < 1.29 is 9.59 Å². The molecule has 5 nitrogen and oxygen atoms in total. The number of nitrogens with two attached hydrogens (primary N) is 1. The van der Waals surface area contributed by atoms with E-state index in [9.17, 15) is 9.59 Å². The molecule has 0 radical (unpaired) electrons. The lowest BCUT2D eigenvalue weighted by Gasteiger charge is -2.16. The van der Waals surface area contributed by atoms with Gasteiger partial charge in [-0.25, -0.2) is 0 Å². The van der Waals surface area contributed by atoms with E-state index in [1.165, 1.54) is 0 Å². The molecule has 1 fully saturated rings. The quantitative estimate of drug-likeness (QED) is 0.913. The summed E-state index contributed by atoms with van der Waals surface area (Å²) in [6.07, 6.45) is 2.77. The number of aromatic nitrogens is 1. The van der Waals surface area contributed by atoms with Gasteiger partial charge >= 0.3 is 0 Å². The molecular weight excluding hydrogens is 266 g/mol. The third-order valence-corrected chi connectivity index (χ3v) is 3.96. The van der Waals surface area contributed by atoms with E-state index in [1.54, 1.807) is 11.1 Å². The number of primary amides is 1. The Bertz CT molecular complexity index is 699. The summed E-state index contributed by atoms with van der Waals surface area (Å²) < 4.78 is 0. The maximum Gasteiger partial charge on any atom is 0.223 e. The first kappa shape index (κ1) is 13.5. The summed E-state index contributed by atoms with van der Waals surface area (Å²) in [4.78, 5) is 29.0. The zero-order valence-electron chi connectivity index (χ0n) is 11.7. The van der Waals surface area contributed by atoms with Crippen LogP contribution >= 0.6 is 0 Å². The van der Waals surface area contributed by atoms with Gasteiger partial charge in [-0.3, -0.25) is 14.6 Å². The summed E-state index contributed by atoms with van der Waals surface area (Å²) in [5, 5.41) is 1.10. The number of fused-ring (bicyclic) bond motifs is 1. The van der Waals surface area contributed by atoms with E-state index >= 15 is 0 Å². The number of benzene rings is 1. The largest absolute Gasteiger partial charge is 0.369 e. The average molecular weight is 283 g/mol. The van der Waals surface area contributed by atoms with Crippen molar-refractivity contribution in [1.29, 1.82) is 0 Å². The molecule has 108 valence electrons. The van der Waals surface area contributed by atoms with Crippen molar-refractivity contribution in [3.8, 4) is 0 Å². The van der Waals surface area contributed by atoms with Crippen LogP contribution in [0.5, 0.6) is 0 Å². The van der Waals surface area contributed by atoms with Crippen LogP contribution in [0.25, 0.3) is 10.9 Å². The number of rotatable bonds is 4. The second kappa shape index (κ2) is 5.52. The van der Waals surface area contributed by atoms with Gasteiger partial charge in [-0.15, -0.1) is 0 Å². The van der Waals surface area contributed by atoms with E-state index in [0.29, 0.717) is 13.1 Å². The van der Waals surface area contributed by atoms with Gasteiger partial charge in [0.25, 0.3) is 0 Å². The van der Waals surface area contributed by atoms with Crippen LogP contribution in [0.4, 0.5) is 0 Å². The average Bonchev–Trinajstić information content (AvgIpc) is 2.86. The molecule has 2 heterocycles. The van der Waals surface area contributed by atoms with Crippen molar-refractivity contribution >= 4 is 22.7 Å². The fraction of sp³-hybridized carbons (Fsp3) is 0.312. The first-order chi connectivity index (χ1) is 10.1. The minimum absolute atomic E-state index is 0.0118. The molecule has 1 saturated heterocycles. The van der Waals surface area contributed by atoms with Crippen molar-refractivity contribution in [2.24, 2.45) is 11.7 Å². The van der Waals surface area contributed by atoms with Crippen molar-refractivity contribution in [2.45, 2.75) is 12.8 Å². The molecule has 1 aliphatic rings. The SMILES string of the molecule is NC(=O)C1CC(=O)N(CCc2ccc3cccnc3c2)C1. The molecule has 0 aliphatic carbocycles. The molecule has 1 unspecified atom stereocenters. The lowest BCUT2D eigenvalue weighted by atomic mass is 10.1. The molecule has 5 heteroatoms. The van der Waals surface area contributed by atoms with E-state index in [1.807, 2.05) is 24.3 Å². The van der Waals surface area contributed by atoms with Crippen molar-refractivity contribution in [2.75, 3.05) is 13.1 Å². The molecule has 1 aromatic heterocycles. The first-order valence-electron chi connectivity index (χ1n) is 7.04. The van der Waals surface area contributed by atoms with Gasteiger partial charge in [0.15, 0.2) is 0 Å². The Morgan fingerprint density at radius 1 is 1.38 bits per heavy atom. The van der Waals surface area contributed by atoms with Crippen molar-refractivity contribution in [3.63, 3.8) is 0 Å². The summed E-state index contributed by atoms with van der Waals surface area (Å²) in [7, 11) is 0. The highest BCUT2D eigenvalue weighted by atomic mass is 16.2. The standard InChI is InChI=1S/C16H17N3O2/c17-16(21)13-9-15(20)19(10-13)7-5-11-3-4-12-2-1-6-18-14(12)8-11/h1-4,6,8,13H,5,7,9-10H2,(H2,17,21). The Labute approximate surface area is 122 Å². The third-order valence-electron chi connectivity index (χ3n) is 3.96. The van der Waals surface area contributed by atoms with E-state index in [0.717, 1.165) is 22.9 Å². The molecule has 0 saturated carbocycles. The van der Waals surface area contributed by atoms with Crippen LogP contribution in [-0.4, -0.2) is 34.8 Å². The number of hydrogen-bond donors (Lipinski definition) is 1. The minimum atomic E-state index is -0.388. The molecule has 3 rings (SSSR count). The molecule has 0 bridgehead atoms. The number of hydrogen-bond acceptors (Lipinski definition) is 3. The Balaban J connectivity index is 1.66. The zero-order valence-corrected chi connectivity index (χ0v) is 11.7. The minimum Gasteiger partial charge on any atom is -0.369 e. The lowest BCUT2D eigenvalue weighted by Crippen LogP contribution is -2.30. The zero-order chi connectivity index (χ0) is 14.8. The predicted molar refractivity (Wildman–Crippen MR) is 79.3 cm³/mol. The molecule has 2 N–H and O–H groups in total. The van der Waals surface area contributed by atoms with E-state index in [-0.39, 0.29) is 24.2 Å². The van der Waals surface area contributed by atoms with Gasteiger partial charge in [0.2, 0.25) is 11.8 Å². The number of nitrogens with zero attached hydrogens (tertiary/aromatic N) is 2. The molecule has 0 spiro atoms. The van der Waals surface area contributed by atoms with Gasteiger partial charge in [-0.05, 0) is 24.1 Å². The van der Waals surface area contributed by atoms with Crippen LogP contribution in [0.2, 0.25) is 0 Å². The number of likely N-dealkylation sites (tertiary alicyclic amines) is 1.